The van der Waals surface area contributed by atoms with Gasteiger partial charge in [-0.25, -0.2) is 13.1 Å². The monoisotopic (exact) mass is 355 g/mol. The number of carbonyl (C=O) groups is 1. The molecule has 7 heteroatoms. The average molecular weight is 356 g/mol. The van der Waals surface area contributed by atoms with E-state index in [4.69, 9.17) is 0 Å². The summed E-state index contributed by atoms with van der Waals surface area (Å²) in [4.78, 5) is 15.0. The maximum atomic E-state index is 12.8. The van der Waals surface area contributed by atoms with E-state index in [2.05, 4.69) is 28.8 Å². The highest BCUT2D eigenvalue weighted by atomic mass is 32.2. The Balaban J connectivity index is 1.60. The van der Waals surface area contributed by atoms with Crippen LogP contribution in [0.25, 0.3) is 0 Å². The third kappa shape index (κ3) is 2.07. The van der Waals surface area contributed by atoms with E-state index in [9.17, 15) is 13.2 Å². The lowest BCUT2D eigenvalue weighted by atomic mass is 9.69. The first-order chi connectivity index (χ1) is 11.2. The van der Waals surface area contributed by atoms with Gasteiger partial charge in [-0.3, -0.25) is 4.79 Å². The van der Waals surface area contributed by atoms with Gasteiger partial charge in [-0.05, 0) is 50.6 Å². The third-order valence-corrected chi connectivity index (χ3v) is 9.60. The number of hydrogen-bond donors (Lipinski definition) is 2. The third-order valence-electron chi connectivity index (χ3n) is 7.64. The van der Waals surface area contributed by atoms with Gasteiger partial charge in [-0.1, -0.05) is 13.8 Å². The van der Waals surface area contributed by atoms with E-state index in [0.29, 0.717) is 6.54 Å². The summed E-state index contributed by atoms with van der Waals surface area (Å²) < 4.78 is 28.1. The highest BCUT2D eigenvalue weighted by molar-refractivity contribution is 7.90. The largest absolute Gasteiger partial charge is 0.351 e. The number of sulfonamides is 1. The second kappa shape index (κ2) is 5.17. The van der Waals surface area contributed by atoms with Crippen LogP contribution in [0.15, 0.2) is 0 Å². The highest BCUT2D eigenvalue weighted by Gasteiger charge is 2.74. The first kappa shape index (κ1) is 16.8. The molecule has 5 atom stereocenters. The minimum absolute atomic E-state index is 0.0148. The van der Waals surface area contributed by atoms with Crippen LogP contribution in [0.5, 0.6) is 0 Å². The van der Waals surface area contributed by atoms with Crippen LogP contribution in [0.4, 0.5) is 0 Å². The quantitative estimate of drug-likeness (QED) is 0.758. The lowest BCUT2D eigenvalue weighted by Gasteiger charge is -2.36. The molecule has 0 aromatic rings. The summed E-state index contributed by atoms with van der Waals surface area (Å²) in [6.45, 7) is 6.73. The van der Waals surface area contributed by atoms with Crippen molar-refractivity contribution < 1.29 is 13.2 Å². The molecule has 136 valence electrons. The molecule has 2 N–H and O–H groups in total. The Morgan fingerprint density at radius 3 is 2.75 bits per heavy atom. The van der Waals surface area contributed by atoms with Crippen LogP contribution in [0.3, 0.4) is 0 Å². The van der Waals surface area contributed by atoms with E-state index in [0.717, 1.165) is 38.8 Å². The maximum Gasteiger partial charge on any atom is 0.224 e. The zero-order valence-corrected chi connectivity index (χ0v) is 15.7. The lowest BCUT2D eigenvalue weighted by Crippen LogP contribution is -2.54. The molecule has 1 spiro atoms. The van der Waals surface area contributed by atoms with Crippen molar-refractivity contribution in [1.82, 2.24) is 14.9 Å². The van der Waals surface area contributed by atoms with E-state index in [-0.39, 0.29) is 34.6 Å². The smallest absolute Gasteiger partial charge is 0.224 e. The predicted octanol–water partition coefficient (Wildman–Crippen LogP) is 0.551. The van der Waals surface area contributed by atoms with Crippen molar-refractivity contribution in [3.63, 3.8) is 0 Å². The molecule has 2 heterocycles. The molecule has 6 nitrogen and oxygen atoms in total. The predicted molar refractivity (Wildman–Crippen MR) is 91.8 cm³/mol. The Morgan fingerprint density at radius 1 is 1.29 bits per heavy atom. The molecule has 2 aliphatic heterocycles. The van der Waals surface area contributed by atoms with Crippen LogP contribution < -0.4 is 10.0 Å². The van der Waals surface area contributed by atoms with Crippen LogP contribution in [0, 0.1) is 22.7 Å². The molecular formula is C17H29N3O3S. The lowest BCUT2D eigenvalue weighted by molar-refractivity contribution is -0.127. The van der Waals surface area contributed by atoms with Crippen LogP contribution in [0.2, 0.25) is 0 Å². The summed E-state index contributed by atoms with van der Waals surface area (Å²) in [6, 6.07) is -0.242. The fourth-order valence-electron chi connectivity index (χ4n) is 6.22. The van der Waals surface area contributed by atoms with Crippen molar-refractivity contribution in [2.24, 2.45) is 22.7 Å². The summed E-state index contributed by atoms with van der Waals surface area (Å²) in [7, 11) is -1.30. The number of nitrogens with zero attached hydrogens (tertiary/aromatic N) is 1. The normalized spacial score (nSPS) is 46.0. The van der Waals surface area contributed by atoms with Crippen LogP contribution in [-0.2, 0) is 14.8 Å². The number of likely N-dealkylation sites (tertiary alicyclic amines) is 1. The van der Waals surface area contributed by atoms with Crippen molar-refractivity contribution in [2.45, 2.75) is 50.8 Å². The standard InChI is InChI=1S/C17H29N3O3S/c1-16(2)12-6-7-17(16)10-18-24(22,23)14(17)13(12)19-15(21)11-5-4-8-20(3)9-11/h11-14,18H,4-10H2,1-3H3,(H,19,21). The number of fused-ring (bicyclic) bond motifs is 1. The minimum atomic E-state index is -3.35. The number of piperidine rings is 1. The molecule has 4 rings (SSSR count). The molecule has 2 bridgehead atoms. The fourth-order valence-corrected chi connectivity index (χ4v) is 8.60. The zero-order chi connectivity index (χ0) is 17.3. The van der Waals surface area contributed by atoms with Crippen molar-refractivity contribution in [3.05, 3.63) is 0 Å². The molecule has 0 aromatic heterocycles. The van der Waals surface area contributed by atoms with Gasteiger partial charge in [-0.2, -0.15) is 0 Å². The van der Waals surface area contributed by atoms with Gasteiger partial charge in [-0.15, -0.1) is 0 Å². The van der Waals surface area contributed by atoms with Gasteiger partial charge in [0.05, 0.1) is 12.0 Å². The van der Waals surface area contributed by atoms with Crippen molar-refractivity contribution in [3.8, 4) is 0 Å². The molecule has 0 radical (unpaired) electrons. The fraction of sp³-hybridized carbons (Fsp3) is 0.941. The molecule has 4 aliphatic rings. The second-order valence-corrected chi connectivity index (χ2v) is 10.8. The van der Waals surface area contributed by atoms with Crippen molar-refractivity contribution in [2.75, 3.05) is 26.7 Å². The van der Waals surface area contributed by atoms with Gasteiger partial charge < -0.3 is 10.2 Å². The van der Waals surface area contributed by atoms with Crippen LogP contribution in [0.1, 0.15) is 39.5 Å². The van der Waals surface area contributed by atoms with Crippen molar-refractivity contribution >= 4 is 15.9 Å². The number of hydrogen-bond acceptors (Lipinski definition) is 4. The van der Waals surface area contributed by atoms with Gasteiger partial charge in [0, 0.05) is 18.5 Å². The Bertz CT molecular complexity index is 662. The molecular weight excluding hydrogens is 326 g/mol. The molecule has 4 fully saturated rings. The first-order valence-corrected chi connectivity index (χ1v) is 10.7. The Labute approximate surface area is 144 Å². The maximum absolute atomic E-state index is 12.8. The van der Waals surface area contributed by atoms with E-state index in [1.165, 1.54) is 0 Å². The van der Waals surface area contributed by atoms with Gasteiger partial charge in [0.1, 0.15) is 5.25 Å². The molecule has 0 aromatic carbocycles. The van der Waals surface area contributed by atoms with Crippen LogP contribution >= 0.6 is 0 Å². The number of nitrogens with one attached hydrogen (secondary N) is 2. The number of carbonyl (C=O) groups excluding carboxylic acids is 1. The minimum Gasteiger partial charge on any atom is -0.351 e. The second-order valence-electron chi connectivity index (χ2n) is 8.95. The molecule has 2 saturated carbocycles. The van der Waals surface area contributed by atoms with Crippen LogP contribution in [-0.4, -0.2) is 57.2 Å². The number of rotatable bonds is 2. The average Bonchev–Trinajstić information content (AvgIpc) is 3.01. The summed E-state index contributed by atoms with van der Waals surface area (Å²) in [6.07, 6.45) is 3.88. The van der Waals surface area contributed by atoms with E-state index in [1.807, 2.05) is 7.05 Å². The molecule has 2 aliphatic carbocycles. The topological polar surface area (TPSA) is 78.5 Å². The Hall–Kier alpha value is -0.660. The number of amides is 1. The molecule has 1 amide bonds. The molecule has 5 unspecified atom stereocenters. The Kier molecular flexibility index (Phi) is 3.62. The SMILES string of the molecule is CN1CCCC(C(=O)NC2C3CCC4(CNS(=O)(=O)C24)C3(C)C)C1. The first-order valence-electron chi connectivity index (χ1n) is 9.16. The van der Waals surface area contributed by atoms with Gasteiger partial charge in [0.15, 0.2) is 0 Å². The molecule has 2 saturated heterocycles. The van der Waals surface area contributed by atoms with Gasteiger partial charge >= 0.3 is 0 Å². The summed E-state index contributed by atoms with van der Waals surface area (Å²) in [5.74, 6) is 0.288. The highest BCUT2D eigenvalue weighted by Crippen LogP contribution is 2.68. The summed E-state index contributed by atoms with van der Waals surface area (Å²) in [5, 5.41) is 2.72. The molecule has 24 heavy (non-hydrogen) atoms. The summed E-state index contributed by atoms with van der Waals surface area (Å²) in [5.41, 5.74) is -0.284. The van der Waals surface area contributed by atoms with Gasteiger partial charge in [0.25, 0.3) is 0 Å². The Morgan fingerprint density at radius 2 is 2.04 bits per heavy atom. The summed E-state index contributed by atoms with van der Waals surface area (Å²) >= 11 is 0. The zero-order valence-electron chi connectivity index (χ0n) is 14.8. The van der Waals surface area contributed by atoms with E-state index < -0.39 is 15.3 Å². The van der Waals surface area contributed by atoms with E-state index in [1.54, 1.807) is 0 Å². The van der Waals surface area contributed by atoms with Crippen molar-refractivity contribution in [1.29, 1.82) is 0 Å². The van der Waals surface area contributed by atoms with E-state index >= 15 is 0 Å². The van der Waals surface area contributed by atoms with Gasteiger partial charge in [0.2, 0.25) is 15.9 Å².